The molecular formula is C26H36N2O4S. The highest BCUT2D eigenvalue weighted by atomic mass is 32.2. The Morgan fingerprint density at radius 3 is 2.64 bits per heavy atom. The van der Waals surface area contributed by atoms with Crippen LogP contribution in [0.4, 0.5) is 10.5 Å². The number of benzene rings is 2. The summed E-state index contributed by atoms with van der Waals surface area (Å²) in [5.74, 6) is 2.01. The molecule has 1 aliphatic rings. The smallest absolute Gasteiger partial charge is 0.407 e. The van der Waals surface area contributed by atoms with Gasteiger partial charge in [0.2, 0.25) is 0 Å². The first-order valence-corrected chi connectivity index (χ1v) is 12.6. The van der Waals surface area contributed by atoms with Gasteiger partial charge in [-0.3, -0.25) is 0 Å². The molecule has 0 aliphatic carbocycles. The van der Waals surface area contributed by atoms with Crippen LogP contribution in [0.25, 0.3) is 0 Å². The van der Waals surface area contributed by atoms with Gasteiger partial charge in [0.25, 0.3) is 0 Å². The van der Waals surface area contributed by atoms with Crippen LogP contribution in [-0.4, -0.2) is 56.9 Å². The van der Waals surface area contributed by atoms with Crippen molar-refractivity contribution in [2.24, 2.45) is 0 Å². The Kier molecular flexibility index (Phi) is 9.76. The fraction of sp³-hybridized carbons (Fsp3) is 0.500. The van der Waals surface area contributed by atoms with Crippen LogP contribution in [0.1, 0.15) is 32.8 Å². The van der Waals surface area contributed by atoms with E-state index in [1.807, 2.05) is 44.7 Å². The van der Waals surface area contributed by atoms with Crippen molar-refractivity contribution in [3.05, 3.63) is 54.1 Å². The number of carbonyl (C=O) groups is 1. The fourth-order valence-corrected chi connectivity index (χ4v) is 4.51. The monoisotopic (exact) mass is 472 g/mol. The van der Waals surface area contributed by atoms with Crippen molar-refractivity contribution in [3.63, 3.8) is 0 Å². The number of ether oxygens (including phenoxy) is 3. The molecule has 0 spiro atoms. The quantitative estimate of drug-likeness (QED) is 0.456. The number of fused-ring (bicyclic) bond motifs is 1. The van der Waals surface area contributed by atoms with Crippen molar-refractivity contribution in [2.75, 3.05) is 50.1 Å². The van der Waals surface area contributed by atoms with E-state index in [-0.39, 0.29) is 6.09 Å². The zero-order chi connectivity index (χ0) is 23.5. The van der Waals surface area contributed by atoms with E-state index in [2.05, 4.69) is 46.6 Å². The van der Waals surface area contributed by atoms with Crippen LogP contribution in [0.2, 0.25) is 0 Å². The van der Waals surface area contributed by atoms with Gasteiger partial charge in [0.1, 0.15) is 18.0 Å². The molecule has 2 aromatic carbocycles. The highest BCUT2D eigenvalue weighted by molar-refractivity contribution is 7.99. The van der Waals surface area contributed by atoms with Gasteiger partial charge in [0.05, 0.1) is 18.8 Å². The van der Waals surface area contributed by atoms with Gasteiger partial charge in [0, 0.05) is 30.3 Å². The van der Waals surface area contributed by atoms with Gasteiger partial charge >= 0.3 is 6.09 Å². The van der Waals surface area contributed by atoms with E-state index in [1.165, 1.54) is 16.1 Å². The molecule has 0 fully saturated rings. The average Bonchev–Trinajstić information content (AvgIpc) is 2.78. The maximum Gasteiger partial charge on any atom is 0.407 e. The number of nitrogens with one attached hydrogen (secondary N) is 1. The van der Waals surface area contributed by atoms with Gasteiger partial charge in [-0.1, -0.05) is 24.3 Å². The Labute approximate surface area is 202 Å². The van der Waals surface area contributed by atoms with E-state index in [9.17, 15) is 4.79 Å². The first-order valence-electron chi connectivity index (χ1n) is 11.6. The molecule has 2 aromatic rings. The number of nitrogens with zero attached hydrogens (tertiary/aromatic N) is 1. The molecule has 1 aliphatic heterocycles. The predicted molar refractivity (Wildman–Crippen MR) is 135 cm³/mol. The second-order valence-corrected chi connectivity index (χ2v) is 10.1. The first kappa shape index (κ1) is 25.2. The van der Waals surface area contributed by atoms with Crippen molar-refractivity contribution < 1.29 is 19.0 Å². The number of hydrogen-bond donors (Lipinski definition) is 1. The van der Waals surface area contributed by atoms with Crippen LogP contribution in [0.15, 0.2) is 53.4 Å². The maximum atomic E-state index is 11.6. The molecule has 1 heterocycles. The maximum absolute atomic E-state index is 11.6. The van der Waals surface area contributed by atoms with Crippen molar-refractivity contribution in [3.8, 4) is 5.75 Å². The van der Waals surface area contributed by atoms with Crippen LogP contribution >= 0.6 is 11.8 Å². The molecule has 6 nitrogen and oxygen atoms in total. The summed E-state index contributed by atoms with van der Waals surface area (Å²) in [5, 5.41) is 2.74. The van der Waals surface area contributed by atoms with Crippen LogP contribution in [0.5, 0.6) is 5.75 Å². The Bertz CT molecular complexity index is 867. The Hall–Kier alpha value is -2.38. The van der Waals surface area contributed by atoms with Gasteiger partial charge in [-0.15, -0.1) is 11.8 Å². The van der Waals surface area contributed by atoms with E-state index in [4.69, 9.17) is 14.2 Å². The standard InChI is InChI=1S/C26H36N2O4S/c1-26(2,3)32-25(29)27-14-6-17-30-18-13-21-9-11-22(12-10-21)31-19-15-28-16-20-33-24-8-5-4-7-23(24)28/h4-5,7-12H,6,13-20H2,1-3H3,(H,27,29). The van der Waals surface area contributed by atoms with Crippen LogP contribution in [0.3, 0.4) is 0 Å². The summed E-state index contributed by atoms with van der Waals surface area (Å²) in [6.07, 6.45) is 1.22. The number of rotatable bonds is 11. The van der Waals surface area contributed by atoms with Crippen molar-refractivity contribution in [1.29, 1.82) is 0 Å². The molecule has 0 bridgehead atoms. The summed E-state index contributed by atoms with van der Waals surface area (Å²) in [4.78, 5) is 15.3. The zero-order valence-corrected chi connectivity index (χ0v) is 20.8. The second kappa shape index (κ2) is 12.8. The number of carbonyl (C=O) groups excluding carboxylic acids is 1. The minimum absolute atomic E-state index is 0.385. The van der Waals surface area contributed by atoms with E-state index >= 15 is 0 Å². The molecule has 3 rings (SSSR count). The number of amides is 1. The van der Waals surface area contributed by atoms with Gasteiger partial charge in [-0.05, 0) is 63.4 Å². The summed E-state index contributed by atoms with van der Waals surface area (Å²) in [7, 11) is 0. The van der Waals surface area contributed by atoms with Gasteiger partial charge in [-0.2, -0.15) is 0 Å². The van der Waals surface area contributed by atoms with Crippen LogP contribution in [-0.2, 0) is 15.9 Å². The van der Waals surface area contributed by atoms with Crippen molar-refractivity contribution in [1.82, 2.24) is 5.32 Å². The third kappa shape index (κ3) is 9.18. The van der Waals surface area contributed by atoms with E-state index in [1.54, 1.807) is 0 Å². The number of thioether (sulfide) groups is 1. The molecule has 180 valence electrons. The lowest BCUT2D eigenvalue weighted by Crippen LogP contribution is -2.33. The fourth-order valence-electron chi connectivity index (χ4n) is 3.46. The largest absolute Gasteiger partial charge is 0.492 e. The van der Waals surface area contributed by atoms with Gasteiger partial charge in [-0.25, -0.2) is 4.79 Å². The predicted octanol–water partition coefficient (Wildman–Crippen LogP) is 5.15. The van der Waals surface area contributed by atoms with Crippen molar-refractivity contribution in [2.45, 2.75) is 44.1 Å². The molecule has 7 heteroatoms. The lowest BCUT2D eigenvalue weighted by atomic mass is 10.1. The Morgan fingerprint density at radius 1 is 1.06 bits per heavy atom. The van der Waals surface area contributed by atoms with Gasteiger partial charge in [0.15, 0.2) is 0 Å². The van der Waals surface area contributed by atoms with Crippen LogP contribution in [0, 0.1) is 0 Å². The van der Waals surface area contributed by atoms with E-state index in [0.717, 1.165) is 37.4 Å². The molecule has 0 radical (unpaired) electrons. The minimum atomic E-state index is -0.472. The SMILES string of the molecule is CC(C)(C)OC(=O)NCCCOCCc1ccc(OCCN2CCSc3ccccc32)cc1. The van der Waals surface area contributed by atoms with E-state index < -0.39 is 5.60 Å². The molecule has 0 atom stereocenters. The summed E-state index contributed by atoms with van der Waals surface area (Å²) in [5.41, 5.74) is 2.06. The highest BCUT2D eigenvalue weighted by Crippen LogP contribution is 2.33. The van der Waals surface area contributed by atoms with Gasteiger partial charge < -0.3 is 24.4 Å². The molecule has 0 saturated heterocycles. The lowest BCUT2D eigenvalue weighted by molar-refractivity contribution is 0.0520. The third-order valence-corrected chi connectivity index (χ3v) is 6.09. The number of anilines is 1. The summed E-state index contributed by atoms with van der Waals surface area (Å²) in [6.45, 7) is 9.96. The lowest BCUT2D eigenvalue weighted by Gasteiger charge is -2.30. The normalized spacial score (nSPS) is 13.4. The molecular weight excluding hydrogens is 436 g/mol. The third-order valence-electron chi connectivity index (χ3n) is 5.05. The van der Waals surface area contributed by atoms with Crippen molar-refractivity contribution >= 4 is 23.5 Å². The molecule has 0 aromatic heterocycles. The summed E-state index contributed by atoms with van der Waals surface area (Å²) in [6, 6.07) is 16.8. The zero-order valence-electron chi connectivity index (χ0n) is 20.0. The molecule has 33 heavy (non-hydrogen) atoms. The molecule has 1 N–H and O–H groups in total. The first-order chi connectivity index (χ1) is 15.9. The highest BCUT2D eigenvalue weighted by Gasteiger charge is 2.16. The second-order valence-electron chi connectivity index (χ2n) is 8.94. The molecule has 1 amide bonds. The van der Waals surface area contributed by atoms with E-state index in [0.29, 0.717) is 26.4 Å². The summed E-state index contributed by atoms with van der Waals surface area (Å²) >= 11 is 1.92. The Morgan fingerprint density at radius 2 is 1.85 bits per heavy atom. The number of alkyl carbamates (subject to hydrolysis) is 1. The number of para-hydroxylation sites is 1. The molecule has 0 saturated carbocycles. The van der Waals surface area contributed by atoms with Crippen LogP contribution < -0.4 is 15.0 Å². The topological polar surface area (TPSA) is 60.0 Å². The average molecular weight is 473 g/mol. The number of hydrogen-bond acceptors (Lipinski definition) is 6. The molecule has 0 unspecified atom stereocenters. The summed E-state index contributed by atoms with van der Waals surface area (Å²) < 4.78 is 16.9. The Balaban J connectivity index is 1.26. The minimum Gasteiger partial charge on any atom is -0.492 e.